The summed E-state index contributed by atoms with van der Waals surface area (Å²) in [6, 6.07) is 10.2. The summed E-state index contributed by atoms with van der Waals surface area (Å²) in [7, 11) is -0.946. The maximum atomic E-state index is 6.00. The average molecular weight is 254 g/mol. The molecular weight excluding hydrogens is 231 g/mol. The Kier molecular flexibility index (Phi) is 6.72. The third-order valence-corrected chi connectivity index (χ3v) is 4.49. The largest absolute Gasteiger partial charge is 0.328 e. The van der Waals surface area contributed by atoms with Gasteiger partial charge < -0.3 is 9.05 Å². The third-order valence-electron chi connectivity index (χ3n) is 2.67. The molecule has 0 heterocycles. The van der Waals surface area contributed by atoms with Crippen molar-refractivity contribution in [1.82, 2.24) is 0 Å². The summed E-state index contributed by atoms with van der Waals surface area (Å²) in [6.45, 7) is 8.45. The first-order valence-electron chi connectivity index (χ1n) is 6.36. The van der Waals surface area contributed by atoms with E-state index in [0.29, 0.717) is 0 Å². The van der Waals surface area contributed by atoms with Gasteiger partial charge in [0, 0.05) is 5.30 Å². The lowest BCUT2D eigenvalue weighted by molar-refractivity contribution is 0.161. The van der Waals surface area contributed by atoms with Crippen molar-refractivity contribution in [2.75, 3.05) is 0 Å². The van der Waals surface area contributed by atoms with Crippen molar-refractivity contribution in [3.8, 4) is 0 Å². The lowest BCUT2D eigenvalue weighted by Gasteiger charge is -2.24. The number of rotatable bonds is 7. The molecule has 2 unspecified atom stereocenters. The van der Waals surface area contributed by atoms with Crippen molar-refractivity contribution in [3.63, 3.8) is 0 Å². The molecule has 0 radical (unpaired) electrons. The van der Waals surface area contributed by atoms with Crippen LogP contribution < -0.4 is 5.30 Å². The number of benzene rings is 1. The van der Waals surface area contributed by atoms with Gasteiger partial charge in [-0.15, -0.1) is 0 Å². The quantitative estimate of drug-likeness (QED) is 0.677. The van der Waals surface area contributed by atoms with E-state index in [9.17, 15) is 0 Å². The molecule has 2 atom stereocenters. The first kappa shape index (κ1) is 14.6. The molecule has 96 valence electrons. The van der Waals surface area contributed by atoms with Crippen LogP contribution in [0.2, 0.25) is 0 Å². The van der Waals surface area contributed by atoms with Crippen LogP contribution in [-0.4, -0.2) is 12.2 Å². The van der Waals surface area contributed by atoms with Gasteiger partial charge in [-0.3, -0.25) is 0 Å². The first-order chi connectivity index (χ1) is 8.17. The van der Waals surface area contributed by atoms with Crippen molar-refractivity contribution < 1.29 is 9.05 Å². The van der Waals surface area contributed by atoms with Gasteiger partial charge in [-0.2, -0.15) is 0 Å². The molecule has 0 aliphatic heterocycles. The summed E-state index contributed by atoms with van der Waals surface area (Å²) in [5, 5.41) is 1.16. The first-order valence-corrected chi connectivity index (χ1v) is 7.53. The lowest BCUT2D eigenvalue weighted by Crippen LogP contribution is -2.15. The van der Waals surface area contributed by atoms with Crippen LogP contribution >= 0.6 is 8.38 Å². The van der Waals surface area contributed by atoms with E-state index >= 15 is 0 Å². The molecular formula is C14H23O2P. The van der Waals surface area contributed by atoms with Crippen LogP contribution in [0.25, 0.3) is 0 Å². The highest BCUT2D eigenvalue weighted by atomic mass is 31.2. The minimum atomic E-state index is -0.946. The molecule has 17 heavy (non-hydrogen) atoms. The Bertz CT molecular complexity index is 290. The van der Waals surface area contributed by atoms with Gasteiger partial charge in [-0.1, -0.05) is 32.0 Å². The Morgan fingerprint density at radius 1 is 0.941 bits per heavy atom. The summed E-state index contributed by atoms with van der Waals surface area (Å²) >= 11 is 0. The zero-order valence-electron chi connectivity index (χ0n) is 11.2. The van der Waals surface area contributed by atoms with Crippen molar-refractivity contribution >= 4 is 13.7 Å². The summed E-state index contributed by atoms with van der Waals surface area (Å²) in [4.78, 5) is 0. The molecule has 1 aromatic carbocycles. The van der Waals surface area contributed by atoms with Gasteiger partial charge in [-0.05, 0) is 38.8 Å². The van der Waals surface area contributed by atoms with E-state index < -0.39 is 8.38 Å². The zero-order valence-corrected chi connectivity index (χ0v) is 12.1. The van der Waals surface area contributed by atoms with Crippen LogP contribution in [0, 0.1) is 0 Å². The molecule has 0 spiro atoms. The van der Waals surface area contributed by atoms with Gasteiger partial charge in [0.15, 0.2) is 0 Å². The number of hydrogen-bond donors (Lipinski definition) is 0. The smallest absolute Gasteiger partial charge is 0.205 e. The molecule has 1 aromatic rings. The van der Waals surface area contributed by atoms with Crippen LogP contribution in [0.4, 0.5) is 0 Å². The van der Waals surface area contributed by atoms with Gasteiger partial charge in [0.25, 0.3) is 0 Å². The van der Waals surface area contributed by atoms with Gasteiger partial charge >= 0.3 is 0 Å². The van der Waals surface area contributed by atoms with Crippen LogP contribution in [0.1, 0.15) is 40.5 Å². The van der Waals surface area contributed by atoms with Gasteiger partial charge in [-0.25, -0.2) is 0 Å². The lowest BCUT2D eigenvalue weighted by atomic mass is 10.3. The maximum Gasteiger partial charge on any atom is 0.205 e. The second-order valence-corrected chi connectivity index (χ2v) is 5.69. The highest BCUT2D eigenvalue weighted by Gasteiger charge is 2.18. The average Bonchev–Trinajstić information content (AvgIpc) is 2.38. The Labute approximate surface area is 106 Å². The monoisotopic (exact) mass is 254 g/mol. The van der Waals surface area contributed by atoms with Gasteiger partial charge in [0.1, 0.15) is 0 Å². The molecule has 0 N–H and O–H groups in total. The van der Waals surface area contributed by atoms with Crippen molar-refractivity contribution in [3.05, 3.63) is 30.3 Å². The van der Waals surface area contributed by atoms with E-state index in [2.05, 4.69) is 39.8 Å². The minimum Gasteiger partial charge on any atom is -0.328 e. The summed E-state index contributed by atoms with van der Waals surface area (Å²) in [6.07, 6.45) is 2.50. The summed E-state index contributed by atoms with van der Waals surface area (Å²) in [5.41, 5.74) is 0. The van der Waals surface area contributed by atoms with Gasteiger partial charge in [0.2, 0.25) is 8.38 Å². The molecule has 0 saturated heterocycles. The highest BCUT2D eigenvalue weighted by Crippen LogP contribution is 2.40. The minimum absolute atomic E-state index is 0.241. The Balaban J connectivity index is 2.72. The van der Waals surface area contributed by atoms with Crippen molar-refractivity contribution in [2.24, 2.45) is 0 Å². The predicted octanol–water partition coefficient (Wildman–Crippen LogP) is 4.25. The Morgan fingerprint density at radius 2 is 1.41 bits per heavy atom. The van der Waals surface area contributed by atoms with E-state index in [-0.39, 0.29) is 12.2 Å². The van der Waals surface area contributed by atoms with E-state index in [1.54, 1.807) is 0 Å². The zero-order chi connectivity index (χ0) is 12.7. The topological polar surface area (TPSA) is 18.5 Å². The fourth-order valence-corrected chi connectivity index (χ4v) is 2.83. The van der Waals surface area contributed by atoms with Crippen molar-refractivity contribution in [2.45, 2.75) is 52.7 Å². The SMILES string of the molecule is CCC(C)OP(OC(C)CC)c1ccccc1. The van der Waals surface area contributed by atoms with Gasteiger partial charge in [0.05, 0.1) is 12.2 Å². The third kappa shape index (κ3) is 5.16. The van der Waals surface area contributed by atoms with Crippen LogP contribution in [0.3, 0.4) is 0 Å². The molecule has 2 nitrogen and oxygen atoms in total. The molecule has 0 aliphatic carbocycles. The van der Waals surface area contributed by atoms with Crippen LogP contribution in [0.5, 0.6) is 0 Å². The fourth-order valence-electron chi connectivity index (χ4n) is 1.17. The van der Waals surface area contributed by atoms with E-state index in [1.165, 1.54) is 0 Å². The molecule has 3 heteroatoms. The molecule has 0 bridgehead atoms. The summed E-state index contributed by atoms with van der Waals surface area (Å²) in [5.74, 6) is 0. The molecule has 0 aliphatic rings. The Hall–Kier alpha value is -0.430. The van der Waals surface area contributed by atoms with Crippen LogP contribution in [-0.2, 0) is 9.05 Å². The second kappa shape index (κ2) is 7.81. The normalized spacial score (nSPS) is 16.5. The standard InChI is InChI=1S/C14H23O2P/c1-5-12(3)15-17(16-13(4)6-2)14-10-8-7-9-11-14/h7-13H,5-6H2,1-4H3. The Morgan fingerprint density at radius 3 is 1.82 bits per heavy atom. The summed E-state index contributed by atoms with van der Waals surface area (Å²) < 4.78 is 12.0. The second-order valence-electron chi connectivity index (χ2n) is 4.24. The van der Waals surface area contributed by atoms with E-state index in [4.69, 9.17) is 9.05 Å². The molecule has 0 fully saturated rings. The molecule has 0 amide bonds. The molecule has 0 aromatic heterocycles. The number of hydrogen-bond acceptors (Lipinski definition) is 2. The maximum absolute atomic E-state index is 6.00. The van der Waals surface area contributed by atoms with Crippen molar-refractivity contribution in [1.29, 1.82) is 0 Å². The highest BCUT2D eigenvalue weighted by molar-refractivity contribution is 7.56. The fraction of sp³-hybridized carbons (Fsp3) is 0.571. The van der Waals surface area contributed by atoms with Crippen LogP contribution in [0.15, 0.2) is 30.3 Å². The predicted molar refractivity (Wildman–Crippen MR) is 74.7 cm³/mol. The van der Waals surface area contributed by atoms with E-state index in [0.717, 1.165) is 18.1 Å². The van der Waals surface area contributed by atoms with E-state index in [1.807, 2.05) is 18.2 Å². The molecule has 0 saturated carbocycles. The molecule has 1 rings (SSSR count).